The standard InChI is InChI=1S/C21H18ClFN2O2S2/c1-12-2-5-16(22)18(6-12)28-10-19-25-21(11-29-19,20(26)27)9-15-7-13-3-4-14(23)8-17(13)24-15/h2-8,24H,9-11H2,1H3,(H,26,27). The van der Waals surface area contributed by atoms with E-state index in [2.05, 4.69) is 9.98 Å². The maximum absolute atomic E-state index is 13.4. The number of nitrogens with one attached hydrogen (secondary N) is 1. The van der Waals surface area contributed by atoms with Crippen molar-refractivity contribution in [2.45, 2.75) is 23.8 Å². The number of H-pyrrole nitrogens is 1. The first-order valence-corrected chi connectivity index (χ1v) is 11.3. The van der Waals surface area contributed by atoms with Gasteiger partial charge in [0.1, 0.15) is 5.82 Å². The molecule has 1 unspecified atom stereocenters. The minimum Gasteiger partial charge on any atom is -0.479 e. The first-order chi connectivity index (χ1) is 13.8. The Kier molecular flexibility index (Phi) is 5.64. The summed E-state index contributed by atoms with van der Waals surface area (Å²) < 4.78 is 13.4. The molecule has 4 rings (SSSR count). The Hall–Kier alpha value is -1.96. The molecule has 1 aromatic heterocycles. The van der Waals surface area contributed by atoms with Gasteiger partial charge in [0, 0.05) is 34.0 Å². The number of fused-ring (bicyclic) bond motifs is 1. The van der Waals surface area contributed by atoms with Crippen LogP contribution >= 0.6 is 35.1 Å². The van der Waals surface area contributed by atoms with Crippen LogP contribution in [0.3, 0.4) is 0 Å². The number of rotatable bonds is 6. The summed E-state index contributed by atoms with van der Waals surface area (Å²) in [5, 5.41) is 12.2. The molecule has 4 nitrogen and oxygen atoms in total. The summed E-state index contributed by atoms with van der Waals surface area (Å²) in [5.41, 5.74) is 1.28. The van der Waals surface area contributed by atoms with Crippen LogP contribution in [0.2, 0.25) is 5.02 Å². The summed E-state index contributed by atoms with van der Waals surface area (Å²) in [6.45, 7) is 2.00. The molecule has 0 saturated carbocycles. The summed E-state index contributed by atoms with van der Waals surface area (Å²) in [6, 6.07) is 12.2. The number of halogens is 2. The average Bonchev–Trinajstić information content (AvgIpc) is 3.26. The molecule has 29 heavy (non-hydrogen) atoms. The first-order valence-electron chi connectivity index (χ1n) is 8.96. The van der Waals surface area contributed by atoms with Crippen LogP contribution in [0.4, 0.5) is 4.39 Å². The van der Waals surface area contributed by atoms with Gasteiger partial charge >= 0.3 is 5.97 Å². The van der Waals surface area contributed by atoms with Crippen molar-refractivity contribution >= 4 is 57.0 Å². The van der Waals surface area contributed by atoms with Gasteiger partial charge in [-0.15, -0.1) is 23.5 Å². The third kappa shape index (κ3) is 4.32. The molecule has 2 aromatic carbocycles. The molecule has 8 heteroatoms. The number of carbonyl (C=O) groups is 1. The summed E-state index contributed by atoms with van der Waals surface area (Å²) in [7, 11) is 0. The van der Waals surface area contributed by atoms with Gasteiger partial charge in [-0.2, -0.15) is 0 Å². The Morgan fingerprint density at radius 3 is 2.97 bits per heavy atom. The fourth-order valence-electron chi connectivity index (χ4n) is 3.29. The number of aliphatic carboxylic acids is 1. The third-order valence-corrected chi connectivity index (χ3v) is 7.66. The van der Waals surface area contributed by atoms with E-state index in [0.717, 1.165) is 26.6 Å². The highest BCUT2D eigenvalue weighted by Crippen LogP contribution is 2.36. The quantitative estimate of drug-likeness (QED) is 0.483. The lowest BCUT2D eigenvalue weighted by molar-refractivity contribution is -0.142. The zero-order chi connectivity index (χ0) is 20.6. The molecule has 0 amide bonds. The average molecular weight is 449 g/mol. The molecule has 1 aliphatic heterocycles. The molecule has 0 bridgehead atoms. The fraction of sp³-hybridized carbons (Fsp3) is 0.238. The van der Waals surface area contributed by atoms with Gasteiger partial charge < -0.3 is 10.1 Å². The summed E-state index contributed by atoms with van der Waals surface area (Å²) in [5.74, 6) is -0.351. The predicted molar refractivity (Wildman–Crippen MR) is 119 cm³/mol. The molecular formula is C21H18ClFN2O2S2. The van der Waals surface area contributed by atoms with Crippen LogP contribution in [0.25, 0.3) is 10.9 Å². The monoisotopic (exact) mass is 448 g/mol. The van der Waals surface area contributed by atoms with Gasteiger partial charge in [-0.3, -0.25) is 4.99 Å². The van der Waals surface area contributed by atoms with Gasteiger partial charge in [0.25, 0.3) is 0 Å². The van der Waals surface area contributed by atoms with E-state index in [1.807, 2.05) is 31.2 Å². The number of aromatic nitrogens is 1. The number of aromatic amines is 1. The Balaban J connectivity index is 1.54. The SMILES string of the molecule is Cc1ccc(Cl)c(SCC2=NC(Cc3cc4ccc(F)cc4[nH]3)(C(=O)O)CS2)c1. The molecule has 150 valence electrons. The number of nitrogens with zero attached hydrogens (tertiary/aromatic N) is 1. The number of carboxylic acids is 1. The second-order valence-electron chi connectivity index (χ2n) is 7.06. The Morgan fingerprint density at radius 2 is 2.17 bits per heavy atom. The molecular weight excluding hydrogens is 431 g/mol. The van der Waals surface area contributed by atoms with Crippen molar-refractivity contribution in [2.24, 2.45) is 4.99 Å². The van der Waals surface area contributed by atoms with Crippen LogP contribution in [0.1, 0.15) is 11.3 Å². The molecule has 2 N–H and O–H groups in total. The Labute approximate surface area is 180 Å². The molecule has 0 spiro atoms. The maximum Gasteiger partial charge on any atom is 0.332 e. The molecule has 2 heterocycles. The second-order valence-corrected chi connectivity index (χ2v) is 9.53. The van der Waals surface area contributed by atoms with E-state index in [1.54, 1.807) is 17.8 Å². The fourth-order valence-corrected chi connectivity index (χ4v) is 5.83. The van der Waals surface area contributed by atoms with Crippen LogP contribution in [0.15, 0.2) is 52.4 Å². The highest BCUT2D eigenvalue weighted by atomic mass is 35.5. The number of thioether (sulfide) groups is 2. The van der Waals surface area contributed by atoms with E-state index >= 15 is 0 Å². The van der Waals surface area contributed by atoms with Crippen LogP contribution < -0.4 is 0 Å². The topological polar surface area (TPSA) is 65.5 Å². The van der Waals surface area contributed by atoms with Crippen molar-refractivity contribution in [3.05, 3.63) is 64.6 Å². The highest BCUT2D eigenvalue weighted by molar-refractivity contribution is 8.16. The Bertz CT molecular complexity index is 1130. The smallest absolute Gasteiger partial charge is 0.332 e. The van der Waals surface area contributed by atoms with Crippen molar-refractivity contribution < 1.29 is 14.3 Å². The van der Waals surface area contributed by atoms with Gasteiger partial charge in [-0.05, 0) is 54.3 Å². The minimum atomic E-state index is -1.23. The van der Waals surface area contributed by atoms with Crippen molar-refractivity contribution in [3.63, 3.8) is 0 Å². The zero-order valence-corrected chi connectivity index (χ0v) is 17.9. The van der Waals surface area contributed by atoms with Crippen LogP contribution in [0, 0.1) is 12.7 Å². The zero-order valence-electron chi connectivity index (χ0n) is 15.5. The van der Waals surface area contributed by atoms with E-state index in [4.69, 9.17) is 11.6 Å². The molecule has 0 saturated heterocycles. The normalized spacial score (nSPS) is 18.9. The molecule has 0 fully saturated rings. The lowest BCUT2D eigenvalue weighted by Crippen LogP contribution is -2.39. The lowest BCUT2D eigenvalue weighted by atomic mass is 9.96. The van der Waals surface area contributed by atoms with Crippen LogP contribution in [-0.2, 0) is 11.2 Å². The van der Waals surface area contributed by atoms with E-state index in [1.165, 1.54) is 23.9 Å². The molecule has 1 aliphatic rings. The van der Waals surface area contributed by atoms with Crippen molar-refractivity contribution in [3.8, 4) is 0 Å². The number of hydrogen-bond acceptors (Lipinski definition) is 4. The largest absolute Gasteiger partial charge is 0.479 e. The number of aliphatic imine (C=N–C) groups is 1. The lowest BCUT2D eigenvalue weighted by Gasteiger charge is -2.19. The van der Waals surface area contributed by atoms with E-state index in [-0.39, 0.29) is 12.2 Å². The summed E-state index contributed by atoms with van der Waals surface area (Å²) in [4.78, 5) is 20.8. The highest BCUT2D eigenvalue weighted by Gasteiger charge is 2.43. The van der Waals surface area contributed by atoms with Gasteiger partial charge in [0.2, 0.25) is 0 Å². The molecule has 1 atom stereocenters. The summed E-state index contributed by atoms with van der Waals surface area (Å²) >= 11 is 9.28. The number of carboxylic acid groups (broad SMARTS) is 1. The van der Waals surface area contributed by atoms with Gasteiger partial charge in [-0.25, -0.2) is 9.18 Å². The molecule has 0 aliphatic carbocycles. The number of hydrogen-bond donors (Lipinski definition) is 2. The minimum absolute atomic E-state index is 0.227. The van der Waals surface area contributed by atoms with Gasteiger partial charge in [0.15, 0.2) is 5.54 Å². The van der Waals surface area contributed by atoms with E-state index in [0.29, 0.717) is 22.0 Å². The van der Waals surface area contributed by atoms with E-state index in [9.17, 15) is 14.3 Å². The number of aryl methyl sites for hydroxylation is 1. The predicted octanol–water partition coefficient (Wildman–Crippen LogP) is 5.57. The maximum atomic E-state index is 13.4. The van der Waals surface area contributed by atoms with E-state index < -0.39 is 11.5 Å². The van der Waals surface area contributed by atoms with Crippen LogP contribution in [-0.4, -0.2) is 38.1 Å². The summed E-state index contributed by atoms with van der Waals surface area (Å²) in [6.07, 6.45) is 0.227. The molecule has 3 aromatic rings. The second kappa shape index (κ2) is 8.05. The number of benzene rings is 2. The van der Waals surface area contributed by atoms with Crippen molar-refractivity contribution in [1.29, 1.82) is 0 Å². The molecule has 0 radical (unpaired) electrons. The van der Waals surface area contributed by atoms with Crippen molar-refractivity contribution in [1.82, 2.24) is 4.98 Å². The van der Waals surface area contributed by atoms with Gasteiger partial charge in [0.05, 0.1) is 10.1 Å². The van der Waals surface area contributed by atoms with Crippen molar-refractivity contribution in [2.75, 3.05) is 11.5 Å². The first kappa shape index (κ1) is 20.3. The Morgan fingerprint density at radius 1 is 1.34 bits per heavy atom. The third-order valence-electron chi connectivity index (χ3n) is 4.78. The van der Waals surface area contributed by atoms with Gasteiger partial charge in [-0.1, -0.05) is 17.7 Å². The van der Waals surface area contributed by atoms with Crippen LogP contribution in [0.5, 0.6) is 0 Å².